The fourth-order valence-corrected chi connectivity index (χ4v) is 1.13. The van der Waals surface area contributed by atoms with E-state index in [9.17, 15) is 21.6 Å². The maximum absolute atomic E-state index is 11.7. The number of rotatable bonds is 5. The van der Waals surface area contributed by atoms with E-state index in [1.54, 1.807) is 7.05 Å². The molecule has 0 radical (unpaired) electrons. The highest BCUT2D eigenvalue weighted by molar-refractivity contribution is 7.90. The van der Waals surface area contributed by atoms with Crippen LogP contribution in [0, 0.1) is 0 Å². The molecule has 0 amide bonds. The van der Waals surface area contributed by atoms with Crippen LogP contribution in [0.1, 0.15) is 6.42 Å². The Hall–Kier alpha value is -0.340. The monoisotopic (exact) mass is 220 g/mol. The van der Waals surface area contributed by atoms with Gasteiger partial charge in [0.2, 0.25) is 0 Å². The molecule has 0 unspecified atom stereocenters. The predicted molar refractivity (Wildman–Crippen MR) is 41.5 cm³/mol. The molecule has 0 saturated heterocycles. The van der Waals surface area contributed by atoms with E-state index < -0.39 is 15.5 Å². The molecule has 0 aromatic carbocycles. The first-order valence-corrected chi connectivity index (χ1v) is 5.00. The molecule has 0 aliphatic carbocycles. The minimum atomic E-state index is -5.22. The van der Waals surface area contributed by atoms with Crippen molar-refractivity contribution in [2.75, 3.05) is 20.1 Å². The molecule has 0 spiro atoms. The van der Waals surface area contributed by atoms with Crippen LogP contribution in [0.3, 0.4) is 0 Å². The van der Waals surface area contributed by atoms with E-state index in [0.717, 1.165) is 0 Å². The van der Waals surface area contributed by atoms with Crippen LogP contribution < -0.4 is 10.0 Å². The molecule has 0 aliphatic heterocycles. The quantitative estimate of drug-likeness (QED) is 0.643. The Morgan fingerprint density at radius 1 is 1.23 bits per heavy atom. The van der Waals surface area contributed by atoms with Gasteiger partial charge in [-0.15, -0.1) is 0 Å². The summed E-state index contributed by atoms with van der Waals surface area (Å²) in [6.45, 7) is 0.239. The molecule has 4 nitrogen and oxygen atoms in total. The van der Waals surface area contributed by atoms with Crippen LogP contribution >= 0.6 is 0 Å². The molecule has 80 valence electrons. The Bertz CT molecular complexity index is 237. The van der Waals surface area contributed by atoms with Gasteiger partial charge >= 0.3 is 15.5 Å². The molecule has 0 atom stereocenters. The summed E-state index contributed by atoms with van der Waals surface area (Å²) in [6, 6.07) is 0. The van der Waals surface area contributed by atoms with E-state index in [-0.39, 0.29) is 6.54 Å². The summed E-state index contributed by atoms with van der Waals surface area (Å²) in [5.74, 6) is 0. The number of nitrogens with one attached hydrogen (secondary N) is 2. The standard InChI is InChI=1S/C5H11F3N2O2S/c1-9-3-2-4-10-13(11,12)5(6,7)8/h9-10H,2-4H2,1H3. The fourth-order valence-electron chi connectivity index (χ4n) is 0.554. The molecule has 0 aliphatic rings. The van der Waals surface area contributed by atoms with Gasteiger partial charge in [0.05, 0.1) is 0 Å². The van der Waals surface area contributed by atoms with E-state index in [1.165, 1.54) is 4.72 Å². The molecule has 0 saturated carbocycles. The summed E-state index contributed by atoms with van der Waals surface area (Å²) in [7, 11) is -3.53. The van der Waals surface area contributed by atoms with Crippen molar-refractivity contribution in [2.24, 2.45) is 0 Å². The molecular weight excluding hydrogens is 209 g/mol. The smallest absolute Gasteiger partial charge is 0.320 e. The van der Waals surface area contributed by atoms with Gasteiger partial charge in [-0.1, -0.05) is 0 Å². The molecule has 0 aromatic heterocycles. The number of halogens is 3. The van der Waals surface area contributed by atoms with Gasteiger partial charge in [0, 0.05) is 6.54 Å². The van der Waals surface area contributed by atoms with Gasteiger partial charge in [-0.25, -0.2) is 13.1 Å². The summed E-state index contributed by atoms with van der Waals surface area (Å²) in [6.07, 6.45) is 0.311. The van der Waals surface area contributed by atoms with Crippen molar-refractivity contribution in [2.45, 2.75) is 11.9 Å². The molecule has 13 heavy (non-hydrogen) atoms. The summed E-state index contributed by atoms with van der Waals surface area (Å²) < 4.78 is 57.2. The van der Waals surface area contributed by atoms with Crippen LogP contribution in [0.25, 0.3) is 0 Å². The maximum atomic E-state index is 11.7. The van der Waals surface area contributed by atoms with Crippen molar-refractivity contribution in [1.82, 2.24) is 10.0 Å². The third kappa shape index (κ3) is 4.44. The minimum absolute atomic E-state index is 0.220. The van der Waals surface area contributed by atoms with Crippen LogP contribution in [-0.4, -0.2) is 34.1 Å². The third-order valence-electron chi connectivity index (χ3n) is 1.20. The Kier molecular flexibility index (Phi) is 4.65. The van der Waals surface area contributed by atoms with Crippen molar-refractivity contribution < 1.29 is 21.6 Å². The number of hydrogen-bond acceptors (Lipinski definition) is 3. The van der Waals surface area contributed by atoms with Gasteiger partial charge < -0.3 is 5.32 Å². The average Bonchev–Trinajstić information content (AvgIpc) is 1.96. The minimum Gasteiger partial charge on any atom is -0.320 e. The summed E-state index contributed by atoms with van der Waals surface area (Å²) in [5, 5.41) is 2.68. The highest BCUT2D eigenvalue weighted by Crippen LogP contribution is 2.21. The van der Waals surface area contributed by atoms with Crippen LogP contribution in [0.5, 0.6) is 0 Å². The number of hydrogen-bond donors (Lipinski definition) is 2. The first-order chi connectivity index (χ1) is 5.81. The van der Waals surface area contributed by atoms with E-state index in [1.807, 2.05) is 0 Å². The van der Waals surface area contributed by atoms with Gasteiger partial charge in [0.15, 0.2) is 0 Å². The zero-order valence-corrected chi connectivity index (χ0v) is 7.80. The molecule has 0 bridgehead atoms. The molecule has 0 heterocycles. The fraction of sp³-hybridized carbons (Fsp3) is 1.00. The Morgan fingerprint density at radius 3 is 2.15 bits per heavy atom. The second kappa shape index (κ2) is 4.77. The summed E-state index contributed by atoms with van der Waals surface area (Å²) >= 11 is 0. The van der Waals surface area contributed by atoms with Gasteiger partial charge in [-0.05, 0) is 20.0 Å². The SMILES string of the molecule is CNCCCNS(=O)(=O)C(F)(F)F. The first kappa shape index (κ1) is 12.7. The average molecular weight is 220 g/mol. The zero-order chi connectivity index (χ0) is 10.5. The van der Waals surface area contributed by atoms with E-state index >= 15 is 0 Å². The Balaban J connectivity index is 3.92. The van der Waals surface area contributed by atoms with Gasteiger partial charge in [-0.3, -0.25) is 0 Å². The molecule has 2 N–H and O–H groups in total. The van der Waals surface area contributed by atoms with Crippen molar-refractivity contribution in [3.8, 4) is 0 Å². The normalized spacial score (nSPS) is 13.2. The molecule has 0 fully saturated rings. The van der Waals surface area contributed by atoms with Gasteiger partial charge in [0.25, 0.3) is 0 Å². The molecule has 0 aromatic rings. The number of sulfonamides is 1. The third-order valence-corrected chi connectivity index (χ3v) is 2.39. The van der Waals surface area contributed by atoms with Crippen molar-refractivity contribution in [3.05, 3.63) is 0 Å². The van der Waals surface area contributed by atoms with Crippen LogP contribution in [0.15, 0.2) is 0 Å². The zero-order valence-electron chi connectivity index (χ0n) is 6.98. The maximum Gasteiger partial charge on any atom is 0.511 e. The first-order valence-electron chi connectivity index (χ1n) is 3.52. The van der Waals surface area contributed by atoms with E-state index in [4.69, 9.17) is 0 Å². The second-order valence-electron chi connectivity index (χ2n) is 2.30. The highest BCUT2D eigenvalue weighted by Gasteiger charge is 2.45. The molecule has 0 rings (SSSR count). The Morgan fingerprint density at radius 2 is 1.77 bits per heavy atom. The topological polar surface area (TPSA) is 58.2 Å². The lowest BCUT2D eigenvalue weighted by atomic mass is 10.4. The lowest BCUT2D eigenvalue weighted by Gasteiger charge is -2.08. The van der Waals surface area contributed by atoms with E-state index in [0.29, 0.717) is 13.0 Å². The molecule has 8 heteroatoms. The predicted octanol–water partition coefficient (Wildman–Crippen LogP) is 0.0351. The summed E-state index contributed by atoms with van der Waals surface area (Å²) in [4.78, 5) is 0. The van der Waals surface area contributed by atoms with Crippen molar-refractivity contribution >= 4 is 10.0 Å². The number of alkyl halides is 3. The van der Waals surface area contributed by atoms with Gasteiger partial charge in [0.1, 0.15) is 0 Å². The highest BCUT2D eigenvalue weighted by atomic mass is 32.2. The van der Waals surface area contributed by atoms with Crippen LogP contribution in [0.4, 0.5) is 13.2 Å². The largest absolute Gasteiger partial charge is 0.511 e. The second-order valence-corrected chi connectivity index (χ2v) is 4.06. The Labute approximate surface area is 74.6 Å². The van der Waals surface area contributed by atoms with Crippen LogP contribution in [0.2, 0.25) is 0 Å². The van der Waals surface area contributed by atoms with Crippen molar-refractivity contribution in [1.29, 1.82) is 0 Å². The lowest BCUT2D eigenvalue weighted by molar-refractivity contribution is -0.0447. The summed E-state index contributed by atoms with van der Waals surface area (Å²) in [5.41, 5.74) is -5.22. The molecular formula is C5H11F3N2O2S. The van der Waals surface area contributed by atoms with Crippen molar-refractivity contribution in [3.63, 3.8) is 0 Å². The lowest BCUT2D eigenvalue weighted by Crippen LogP contribution is -2.37. The van der Waals surface area contributed by atoms with Gasteiger partial charge in [-0.2, -0.15) is 13.2 Å². The van der Waals surface area contributed by atoms with E-state index in [2.05, 4.69) is 5.32 Å². The van der Waals surface area contributed by atoms with Crippen LogP contribution in [-0.2, 0) is 10.0 Å².